The molecular formula is C32H40N4O5S. The molecule has 42 heavy (non-hydrogen) atoms. The van der Waals surface area contributed by atoms with E-state index in [4.69, 9.17) is 9.47 Å². The first-order valence-electron chi connectivity index (χ1n) is 15.4. The Balaban J connectivity index is 1.41. The number of fused-ring (bicyclic) bond motifs is 5. The van der Waals surface area contributed by atoms with Gasteiger partial charge in [-0.1, -0.05) is 37.5 Å². The van der Waals surface area contributed by atoms with Gasteiger partial charge in [-0.25, -0.2) is 4.72 Å². The molecule has 2 atom stereocenters. The molecule has 1 N–H and O–H groups in total. The molecule has 10 heteroatoms. The highest BCUT2D eigenvalue weighted by Crippen LogP contribution is 2.47. The molecule has 224 valence electrons. The number of hydrogen-bond acceptors (Lipinski definition) is 6. The van der Waals surface area contributed by atoms with Crippen LogP contribution in [0.25, 0.3) is 22.2 Å². The maximum Gasteiger partial charge on any atom is 0.303 e. The summed E-state index contributed by atoms with van der Waals surface area (Å²) >= 11 is 0. The van der Waals surface area contributed by atoms with Crippen LogP contribution in [0, 0.1) is 0 Å². The van der Waals surface area contributed by atoms with Gasteiger partial charge < -0.3 is 14.0 Å². The van der Waals surface area contributed by atoms with Crippen molar-refractivity contribution in [1.29, 1.82) is 0 Å². The van der Waals surface area contributed by atoms with Gasteiger partial charge in [-0.15, -0.1) is 0 Å². The molecule has 1 amide bonds. The number of nitrogens with zero attached hydrogens (tertiary/aromatic N) is 3. The molecule has 3 aromatic rings. The fourth-order valence-corrected chi connectivity index (χ4v) is 8.23. The third-order valence-electron chi connectivity index (χ3n) is 9.69. The number of carbonyl (C=O) groups is 1. The average molecular weight is 593 g/mol. The highest BCUT2D eigenvalue weighted by molar-refractivity contribution is 7.87. The van der Waals surface area contributed by atoms with Crippen LogP contribution >= 0.6 is 0 Å². The zero-order valence-corrected chi connectivity index (χ0v) is 25.1. The van der Waals surface area contributed by atoms with Crippen molar-refractivity contribution in [2.45, 2.75) is 69.6 Å². The van der Waals surface area contributed by atoms with Crippen molar-refractivity contribution in [2.75, 3.05) is 39.9 Å². The molecule has 2 aromatic carbocycles. The van der Waals surface area contributed by atoms with E-state index in [2.05, 4.69) is 26.3 Å². The fraction of sp³-hybridized carbons (Fsp3) is 0.531. The Morgan fingerprint density at radius 1 is 0.929 bits per heavy atom. The summed E-state index contributed by atoms with van der Waals surface area (Å²) in [5, 5.41) is 1.12. The second-order valence-corrected chi connectivity index (χ2v) is 14.1. The van der Waals surface area contributed by atoms with Gasteiger partial charge in [0.15, 0.2) is 0 Å². The molecule has 4 heterocycles. The highest BCUT2D eigenvalue weighted by Gasteiger charge is 2.33. The lowest BCUT2D eigenvalue weighted by Gasteiger charge is -2.30. The third-order valence-corrected chi connectivity index (χ3v) is 11.1. The normalized spacial score (nSPS) is 25.9. The predicted molar refractivity (Wildman–Crippen MR) is 162 cm³/mol. The topological polar surface area (TPSA) is 93.1 Å². The molecule has 1 unspecified atom stereocenters. The Morgan fingerprint density at radius 2 is 1.76 bits per heavy atom. The number of rotatable bonds is 1. The lowest BCUT2D eigenvalue weighted by molar-refractivity contribution is -0.0142. The average Bonchev–Trinajstić information content (AvgIpc) is 3.57. The first kappa shape index (κ1) is 27.9. The van der Waals surface area contributed by atoms with Crippen LogP contribution in [0.1, 0.15) is 66.8 Å². The Hall–Kier alpha value is -2.92. The smallest absolute Gasteiger partial charge is 0.303 e. The van der Waals surface area contributed by atoms with E-state index in [0.29, 0.717) is 44.3 Å². The minimum Gasteiger partial charge on any atom is -0.490 e. The van der Waals surface area contributed by atoms with Crippen molar-refractivity contribution >= 4 is 27.0 Å². The number of nitrogens with one attached hydrogen (secondary N) is 1. The molecular weight excluding hydrogens is 552 g/mol. The largest absolute Gasteiger partial charge is 0.490 e. The minimum atomic E-state index is -3.99. The van der Waals surface area contributed by atoms with Crippen LogP contribution in [-0.2, 0) is 21.5 Å². The standard InChI is InChI=1S/C32H40N4O5S/c1-34-16-17-35-15-7-10-24(35)20-40-25-19-36-28-18-23(32(37)33-42(34,38)39)13-14-26(28)30(22-8-3-2-4-9-22)31(36)27-11-5-6-12-29(27)41-21-25/h5-6,11-14,18,22,24-25H,2-4,7-10,15-17,19-21H2,1H3,(H,33,37)/t24?,25-/m0/s1. The summed E-state index contributed by atoms with van der Waals surface area (Å²) in [6.07, 6.45) is 7.78. The monoisotopic (exact) mass is 592 g/mol. The summed E-state index contributed by atoms with van der Waals surface area (Å²) < 4.78 is 45.3. The second kappa shape index (κ2) is 11.3. The second-order valence-electron chi connectivity index (χ2n) is 12.3. The van der Waals surface area contributed by atoms with Crippen LogP contribution in [0.5, 0.6) is 5.75 Å². The van der Waals surface area contributed by atoms with E-state index in [1.165, 1.54) is 36.2 Å². The quantitative estimate of drug-likeness (QED) is 0.447. The number of para-hydroxylation sites is 1. The van der Waals surface area contributed by atoms with E-state index < -0.39 is 16.1 Å². The Morgan fingerprint density at radius 3 is 2.62 bits per heavy atom. The van der Waals surface area contributed by atoms with Crippen LogP contribution in [0.2, 0.25) is 0 Å². The molecule has 7 rings (SSSR count). The molecule has 4 aliphatic rings. The van der Waals surface area contributed by atoms with E-state index >= 15 is 0 Å². The predicted octanol–water partition coefficient (Wildman–Crippen LogP) is 4.52. The molecule has 1 aromatic heterocycles. The van der Waals surface area contributed by atoms with Crippen molar-refractivity contribution in [3.8, 4) is 17.0 Å². The van der Waals surface area contributed by atoms with Gasteiger partial charge >= 0.3 is 10.2 Å². The number of amides is 1. The Labute approximate surface area is 247 Å². The molecule has 3 aliphatic heterocycles. The molecule has 9 nitrogen and oxygen atoms in total. The number of aromatic nitrogens is 1. The van der Waals surface area contributed by atoms with Gasteiger partial charge in [0.1, 0.15) is 18.5 Å². The Bertz CT molecular complexity index is 1600. The summed E-state index contributed by atoms with van der Waals surface area (Å²) in [6, 6.07) is 14.1. The maximum absolute atomic E-state index is 13.4. The molecule has 2 fully saturated rings. The van der Waals surface area contributed by atoms with Crippen molar-refractivity contribution in [3.63, 3.8) is 0 Å². The number of hydrogen-bond donors (Lipinski definition) is 1. The van der Waals surface area contributed by atoms with E-state index in [0.717, 1.165) is 60.1 Å². The number of likely N-dealkylation sites (N-methyl/N-ethyl adjacent to an activating group) is 1. The van der Waals surface area contributed by atoms with E-state index in [1.54, 1.807) is 6.07 Å². The van der Waals surface area contributed by atoms with Crippen molar-refractivity contribution in [2.24, 2.45) is 0 Å². The van der Waals surface area contributed by atoms with E-state index in [9.17, 15) is 13.2 Å². The zero-order chi connectivity index (χ0) is 28.8. The zero-order valence-electron chi connectivity index (χ0n) is 24.3. The van der Waals surface area contributed by atoms with Gasteiger partial charge in [0, 0.05) is 48.2 Å². The minimum absolute atomic E-state index is 0.178. The van der Waals surface area contributed by atoms with Crippen LogP contribution in [0.3, 0.4) is 0 Å². The van der Waals surface area contributed by atoms with Gasteiger partial charge in [0.05, 0.1) is 18.8 Å². The van der Waals surface area contributed by atoms with E-state index in [-0.39, 0.29) is 12.1 Å². The molecule has 0 spiro atoms. The summed E-state index contributed by atoms with van der Waals surface area (Å²) in [6.45, 7) is 3.36. The van der Waals surface area contributed by atoms with Crippen LogP contribution in [-0.4, -0.2) is 80.1 Å². The molecule has 1 saturated heterocycles. The van der Waals surface area contributed by atoms with Gasteiger partial charge in [-0.3, -0.25) is 9.69 Å². The van der Waals surface area contributed by atoms with Gasteiger partial charge in [-0.2, -0.15) is 12.7 Å². The van der Waals surface area contributed by atoms with Gasteiger partial charge in [0.2, 0.25) is 0 Å². The summed E-state index contributed by atoms with van der Waals surface area (Å²) in [4.78, 5) is 15.7. The molecule has 1 aliphatic carbocycles. The van der Waals surface area contributed by atoms with Crippen LogP contribution in [0.15, 0.2) is 42.5 Å². The van der Waals surface area contributed by atoms with Crippen molar-refractivity contribution < 1.29 is 22.7 Å². The highest BCUT2D eigenvalue weighted by atomic mass is 32.2. The molecule has 1 saturated carbocycles. The third kappa shape index (κ3) is 5.12. The lowest BCUT2D eigenvalue weighted by Crippen LogP contribution is -2.46. The van der Waals surface area contributed by atoms with Crippen LogP contribution < -0.4 is 9.46 Å². The summed E-state index contributed by atoms with van der Waals surface area (Å²) in [5.74, 6) is 0.627. The van der Waals surface area contributed by atoms with E-state index in [1.807, 2.05) is 24.3 Å². The number of ether oxygens (including phenoxy) is 2. The maximum atomic E-state index is 13.4. The van der Waals surface area contributed by atoms with Crippen LogP contribution in [0.4, 0.5) is 0 Å². The first-order valence-corrected chi connectivity index (χ1v) is 16.9. The van der Waals surface area contributed by atoms with Gasteiger partial charge in [-0.05, 0) is 68.0 Å². The number of benzene rings is 2. The fourth-order valence-electron chi connectivity index (χ4n) is 7.40. The first-order chi connectivity index (χ1) is 20.4. The van der Waals surface area contributed by atoms with Gasteiger partial charge in [0.25, 0.3) is 5.91 Å². The SMILES string of the molecule is CN1CCN2CCCC2CO[C@@H]2COc3ccccc3-c3c(C4CCCCC4)c4ccc(cc4n3C2)C(=O)NS1(=O)=O. The molecule has 4 bridgehead atoms. The summed E-state index contributed by atoms with van der Waals surface area (Å²) in [5.41, 5.74) is 4.75. The molecule has 0 radical (unpaired) electrons. The Kier molecular flexibility index (Phi) is 7.50. The van der Waals surface area contributed by atoms with Crippen molar-refractivity contribution in [1.82, 2.24) is 18.5 Å². The summed E-state index contributed by atoms with van der Waals surface area (Å²) in [7, 11) is -2.47. The lowest BCUT2D eigenvalue weighted by atomic mass is 9.81. The van der Waals surface area contributed by atoms with Crippen molar-refractivity contribution in [3.05, 3.63) is 53.6 Å². The number of carbonyl (C=O) groups excluding carboxylic acids is 1.